The summed E-state index contributed by atoms with van der Waals surface area (Å²) >= 11 is 0. The van der Waals surface area contributed by atoms with Crippen molar-refractivity contribution < 1.29 is 14.3 Å². The van der Waals surface area contributed by atoms with E-state index in [1.807, 2.05) is 26.8 Å². The van der Waals surface area contributed by atoms with E-state index in [1.54, 1.807) is 6.08 Å². The van der Waals surface area contributed by atoms with Crippen molar-refractivity contribution >= 4 is 11.7 Å². The lowest BCUT2D eigenvalue weighted by molar-refractivity contribution is -0.117. The molecule has 0 aromatic carbocycles. The zero-order valence-electron chi connectivity index (χ0n) is 10.3. The van der Waals surface area contributed by atoms with Crippen molar-refractivity contribution in [3.8, 4) is 0 Å². The van der Waals surface area contributed by atoms with Gasteiger partial charge >= 0.3 is 0 Å². The predicted molar refractivity (Wildman–Crippen MR) is 63.1 cm³/mol. The Balaban J connectivity index is 2.36. The Morgan fingerprint density at radius 2 is 2.12 bits per heavy atom. The SMILES string of the molecule is CC(C)[C@H]1NC(=O)/C(=C2\C=CC[C@H](C)O2)C1=O. The number of ketones is 1. The van der Waals surface area contributed by atoms with E-state index in [4.69, 9.17) is 4.74 Å². The number of ether oxygens (including phenoxy) is 1. The molecule has 92 valence electrons. The lowest BCUT2D eigenvalue weighted by Crippen LogP contribution is -2.33. The topological polar surface area (TPSA) is 55.4 Å². The van der Waals surface area contributed by atoms with Crippen molar-refractivity contribution in [2.45, 2.75) is 39.3 Å². The van der Waals surface area contributed by atoms with E-state index in [2.05, 4.69) is 5.32 Å². The average molecular weight is 235 g/mol. The maximum absolute atomic E-state index is 12.1. The molecular weight excluding hydrogens is 218 g/mol. The Kier molecular flexibility index (Phi) is 3.05. The van der Waals surface area contributed by atoms with Crippen LogP contribution in [0.1, 0.15) is 27.2 Å². The molecule has 0 aliphatic carbocycles. The smallest absolute Gasteiger partial charge is 0.259 e. The quantitative estimate of drug-likeness (QED) is 0.551. The van der Waals surface area contributed by atoms with Gasteiger partial charge in [-0.15, -0.1) is 0 Å². The summed E-state index contributed by atoms with van der Waals surface area (Å²) < 4.78 is 5.55. The molecule has 2 atom stereocenters. The molecule has 4 heteroatoms. The van der Waals surface area contributed by atoms with Crippen LogP contribution in [0.15, 0.2) is 23.5 Å². The van der Waals surface area contributed by atoms with Crippen molar-refractivity contribution in [2.75, 3.05) is 0 Å². The fourth-order valence-corrected chi connectivity index (χ4v) is 2.06. The lowest BCUT2D eigenvalue weighted by Gasteiger charge is -2.19. The van der Waals surface area contributed by atoms with Gasteiger partial charge in [0, 0.05) is 6.42 Å². The Labute approximate surface area is 101 Å². The maximum atomic E-state index is 12.1. The molecule has 1 fully saturated rings. The summed E-state index contributed by atoms with van der Waals surface area (Å²) in [6, 6.07) is -0.417. The summed E-state index contributed by atoms with van der Waals surface area (Å²) in [7, 11) is 0. The van der Waals surface area contributed by atoms with Gasteiger partial charge in [-0.05, 0) is 18.9 Å². The highest BCUT2D eigenvalue weighted by atomic mass is 16.5. The Bertz CT molecular complexity index is 420. The summed E-state index contributed by atoms with van der Waals surface area (Å²) in [5, 5.41) is 2.71. The van der Waals surface area contributed by atoms with E-state index in [9.17, 15) is 9.59 Å². The summed E-state index contributed by atoms with van der Waals surface area (Å²) in [5.74, 6) is 0.0325. The van der Waals surface area contributed by atoms with E-state index >= 15 is 0 Å². The Morgan fingerprint density at radius 1 is 1.41 bits per heavy atom. The minimum atomic E-state index is -0.417. The molecule has 0 spiro atoms. The molecule has 0 radical (unpaired) electrons. The fourth-order valence-electron chi connectivity index (χ4n) is 2.06. The molecule has 0 bridgehead atoms. The van der Waals surface area contributed by atoms with Crippen LogP contribution < -0.4 is 5.32 Å². The van der Waals surface area contributed by atoms with Crippen LogP contribution in [-0.4, -0.2) is 23.8 Å². The number of carbonyl (C=O) groups is 2. The lowest BCUT2D eigenvalue weighted by atomic mass is 9.98. The molecule has 1 N–H and O–H groups in total. The average Bonchev–Trinajstić information content (AvgIpc) is 2.54. The zero-order valence-corrected chi connectivity index (χ0v) is 10.3. The van der Waals surface area contributed by atoms with E-state index in [1.165, 1.54) is 0 Å². The van der Waals surface area contributed by atoms with Gasteiger partial charge in [0.05, 0.1) is 12.1 Å². The summed E-state index contributed by atoms with van der Waals surface area (Å²) in [6.07, 6.45) is 4.47. The van der Waals surface area contributed by atoms with Gasteiger partial charge in [0.25, 0.3) is 5.91 Å². The number of hydrogen-bond donors (Lipinski definition) is 1. The first-order valence-electron chi connectivity index (χ1n) is 5.93. The number of rotatable bonds is 1. The van der Waals surface area contributed by atoms with Crippen LogP contribution in [0.2, 0.25) is 0 Å². The normalized spacial score (nSPS) is 32.9. The molecule has 0 aromatic rings. The second kappa shape index (κ2) is 4.35. The second-order valence-electron chi connectivity index (χ2n) is 4.87. The number of hydrogen-bond acceptors (Lipinski definition) is 3. The molecule has 1 saturated heterocycles. The van der Waals surface area contributed by atoms with Crippen molar-refractivity contribution in [3.63, 3.8) is 0 Å². The number of Topliss-reactive ketones (excluding diaryl/α,β-unsaturated/α-hetero) is 1. The highest BCUT2D eigenvalue weighted by Gasteiger charge is 2.40. The third-order valence-electron chi connectivity index (χ3n) is 3.02. The second-order valence-corrected chi connectivity index (χ2v) is 4.87. The van der Waals surface area contributed by atoms with Gasteiger partial charge in [-0.1, -0.05) is 19.9 Å². The first-order valence-corrected chi connectivity index (χ1v) is 5.93. The van der Waals surface area contributed by atoms with E-state index in [0.29, 0.717) is 5.76 Å². The maximum Gasteiger partial charge on any atom is 0.259 e. The third kappa shape index (κ3) is 2.12. The zero-order chi connectivity index (χ0) is 12.6. The predicted octanol–water partition coefficient (Wildman–Crippen LogP) is 1.33. The molecule has 2 aliphatic rings. The molecular formula is C13H17NO3. The van der Waals surface area contributed by atoms with Gasteiger partial charge in [-0.3, -0.25) is 9.59 Å². The molecule has 0 aromatic heterocycles. The van der Waals surface area contributed by atoms with Crippen LogP contribution in [0.3, 0.4) is 0 Å². The van der Waals surface area contributed by atoms with Gasteiger partial charge in [-0.25, -0.2) is 0 Å². The number of allylic oxidation sites excluding steroid dienone is 1. The highest BCUT2D eigenvalue weighted by Crippen LogP contribution is 2.24. The van der Waals surface area contributed by atoms with Crippen LogP contribution >= 0.6 is 0 Å². The van der Waals surface area contributed by atoms with E-state index in [-0.39, 0.29) is 29.3 Å². The van der Waals surface area contributed by atoms with Crippen molar-refractivity contribution in [1.29, 1.82) is 0 Å². The molecule has 4 nitrogen and oxygen atoms in total. The van der Waals surface area contributed by atoms with Gasteiger partial charge in [-0.2, -0.15) is 0 Å². The minimum absolute atomic E-state index is 0.0150. The van der Waals surface area contributed by atoms with Gasteiger partial charge in [0.1, 0.15) is 11.3 Å². The summed E-state index contributed by atoms with van der Waals surface area (Å²) in [5.41, 5.74) is 0.173. The largest absolute Gasteiger partial charge is 0.489 e. The van der Waals surface area contributed by atoms with Crippen molar-refractivity contribution in [2.24, 2.45) is 5.92 Å². The van der Waals surface area contributed by atoms with Crippen LogP contribution in [0, 0.1) is 5.92 Å². The Hall–Kier alpha value is -1.58. The van der Waals surface area contributed by atoms with Crippen molar-refractivity contribution in [3.05, 3.63) is 23.5 Å². The molecule has 2 aliphatic heterocycles. The number of carbonyl (C=O) groups excluding carboxylic acids is 2. The first-order chi connectivity index (χ1) is 8.00. The third-order valence-corrected chi connectivity index (χ3v) is 3.02. The van der Waals surface area contributed by atoms with Crippen LogP contribution in [0.5, 0.6) is 0 Å². The van der Waals surface area contributed by atoms with Gasteiger partial charge < -0.3 is 10.1 Å². The number of amides is 1. The molecule has 1 amide bonds. The van der Waals surface area contributed by atoms with Gasteiger partial charge in [0.2, 0.25) is 0 Å². The molecule has 2 rings (SSSR count). The first kappa shape index (κ1) is 11.9. The number of nitrogens with one attached hydrogen (secondary N) is 1. The minimum Gasteiger partial charge on any atom is -0.489 e. The van der Waals surface area contributed by atoms with Crippen LogP contribution in [-0.2, 0) is 14.3 Å². The van der Waals surface area contributed by atoms with Crippen LogP contribution in [0.4, 0.5) is 0 Å². The van der Waals surface area contributed by atoms with E-state index < -0.39 is 6.04 Å². The van der Waals surface area contributed by atoms with Crippen LogP contribution in [0.25, 0.3) is 0 Å². The molecule has 2 heterocycles. The standard InChI is InChI=1S/C13H17NO3/c1-7(2)11-12(15)10(13(16)14-11)9-6-4-5-8(3)17-9/h4,6-8,11H,5H2,1-3H3,(H,14,16)/b10-9+/t8-,11+/m0/s1. The monoisotopic (exact) mass is 235 g/mol. The fraction of sp³-hybridized carbons (Fsp3) is 0.538. The molecule has 0 unspecified atom stereocenters. The highest BCUT2D eigenvalue weighted by molar-refractivity contribution is 6.27. The summed E-state index contributed by atoms with van der Waals surface area (Å²) in [4.78, 5) is 23.9. The van der Waals surface area contributed by atoms with Gasteiger partial charge in [0.15, 0.2) is 5.78 Å². The Morgan fingerprint density at radius 3 is 2.65 bits per heavy atom. The summed E-state index contributed by atoms with van der Waals surface area (Å²) in [6.45, 7) is 5.74. The molecule has 17 heavy (non-hydrogen) atoms. The molecule has 0 saturated carbocycles. The van der Waals surface area contributed by atoms with Crippen molar-refractivity contribution in [1.82, 2.24) is 5.32 Å². The van der Waals surface area contributed by atoms with E-state index in [0.717, 1.165) is 6.42 Å².